The highest BCUT2D eigenvalue weighted by Gasteiger charge is 2.44. The third kappa shape index (κ3) is 4.12. The first-order valence-electron chi connectivity index (χ1n) is 8.74. The Kier molecular flexibility index (Phi) is 5.34. The minimum Gasteiger partial charge on any atom is -0.385 e. The number of hydrogen-bond acceptors (Lipinski definition) is 3. The molecular weight excluding hydrogens is 288 g/mol. The number of hydrogen-bond donors (Lipinski definition) is 0. The van der Waals surface area contributed by atoms with E-state index in [2.05, 4.69) is 21.9 Å². The molecule has 0 saturated carbocycles. The second-order valence-corrected chi connectivity index (χ2v) is 7.10. The summed E-state index contributed by atoms with van der Waals surface area (Å²) in [5, 5.41) is 0. The molecule has 1 aromatic carbocycles. The number of nitrogens with zero attached hydrogens (tertiary/aromatic N) is 2. The molecule has 23 heavy (non-hydrogen) atoms. The summed E-state index contributed by atoms with van der Waals surface area (Å²) in [4.78, 5) is 17.0. The van der Waals surface area contributed by atoms with E-state index < -0.39 is 0 Å². The number of methoxy groups -OCH3 is 1. The van der Waals surface area contributed by atoms with Crippen LogP contribution in [0.15, 0.2) is 30.3 Å². The van der Waals surface area contributed by atoms with Crippen molar-refractivity contribution in [3.8, 4) is 0 Å². The average molecular weight is 316 g/mol. The van der Waals surface area contributed by atoms with Crippen LogP contribution in [0.4, 0.5) is 0 Å². The van der Waals surface area contributed by atoms with E-state index in [1.165, 1.54) is 5.56 Å². The molecule has 0 unspecified atom stereocenters. The van der Waals surface area contributed by atoms with E-state index in [1.807, 2.05) is 18.2 Å². The van der Waals surface area contributed by atoms with Gasteiger partial charge in [0.15, 0.2) is 0 Å². The number of carbonyl (C=O) groups is 1. The van der Waals surface area contributed by atoms with Gasteiger partial charge in [0.2, 0.25) is 5.91 Å². The van der Waals surface area contributed by atoms with Gasteiger partial charge in [-0.2, -0.15) is 0 Å². The van der Waals surface area contributed by atoms with Crippen LogP contribution in [-0.4, -0.2) is 55.6 Å². The van der Waals surface area contributed by atoms with Gasteiger partial charge >= 0.3 is 0 Å². The van der Waals surface area contributed by atoms with Gasteiger partial charge in [0, 0.05) is 39.8 Å². The van der Waals surface area contributed by atoms with Crippen LogP contribution in [0.5, 0.6) is 0 Å². The van der Waals surface area contributed by atoms with E-state index in [0.29, 0.717) is 5.91 Å². The van der Waals surface area contributed by atoms with Gasteiger partial charge < -0.3 is 14.5 Å². The van der Waals surface area contributed by atoms with Gasteiger partial charge in [0.05, 0.1) is 0 Å². The molecule has 0 atom stereocenters. The third-order valence-electron chi connectivity index (χ3n) is 5.36. The summed E-state index contributed by atoms with van der Waals surface area (Å²) >= 11 is 0. The van der Waals surface area contributed by atoms with E-state index in [4.69, 9.17) is 4.74 Å². The lowest BCUT2D eigenvalue weighted by molar-refractivity contribution is -0.128. The fraction of sp³-hybridized carbons (Fsp3) is 0.632. The number of amides is 1. The Hall–Kier alpha value is -1.39. The lowest BCUT2D eigenvalue weighted by Crippen LogP contribution is -2.42. The highest BCUT2D eigenvalue weighted by atomic mass is 16.5. The smallest absolute Gasteiger partial charge is 0.223 e. The zero-order valence-electron chi connectivity index (χ0n) is 14.2. The standard InChI is InChI=1S/C19H28N2O2/c1-23-13-5-10-20-11-8-19(9-12-20)14-18(22)21(16-19)15-17-6-3-2-4-7-17/h2-4,6-7H,5,8-16H2,1H3. The van der Waals surface area contributed by atoms with Crippen LogP contribution >= 0.6 is 0 Å². The maximum atomic E-state index is 12.4. The Morgan fingerprint density at radius 3 is 2.61 bits per heavy atom. The Labute approximate surface area is 139 Å². The molecule has 4 heteroatoms. The van der Waals surface area contributed by atoms with Gasteiger partial charge in [-0.05, 0) is 43.3 Å². The predicted molar refractivity (Wildman–Crippen MR) is 91.1 cm³/mol. The molecular formula is C19H28N2O2. The van der Waals surface area contributed by atoms with Crippen LogP contribution in [0.25, 0.3) is 0 Å². The van der Waals surface area contributed by atoms with Crippen molar-refractivity contribution in [2.45, 2.75) is 32.2 Å². The van der Waals surface area contributed by atoms with Crippen LogP contribution in [-0.2, 0) is 16.1 Å². The summed E-state index contributed by atoms with van der Waals surface area (Å²) in [6.45, 7) is 5.90. The Bertz CT molecular complexity index is 509. The van der Waals surface area contributed by atoms with E-state index in [1.54, 1.807) is 7.11 Å². The molecule has 2 saturated heterocycles. The summed E-state index contributed by atoms with van der Waals surface area (Å²) in [6.07, 6.45) is 4.14. The van der Waals surface area contributed by atoms with E-state index in [9.17, 15) is 4.79 Å². The fourth-order valence-corrected chi connectivity index (χ4v) is 3.95. The Morgan fingerprint density at radius 1 is 1.17 bits per heavy atom. The minimum atomic E-state index is 0.226. The monoisotopic (exact) mass is 316 g/mol. The van der Waals surface area contributed by atoms with Gasteiger partial charge in [-0.1, -0.05) is 30.3 Å². The van der Waals surface area contributed by atoms with Crippen LogP contribution in [0.2, 0.25) is 0 Å². The second-order valence-electron chi connectivity index (χ2n) is 7.10. The number of piperidine rings is 1. The van der Waals surface area contributed by atoms with Gasteiger partial charge in [-0.3, -0.25) is 4.79 Å². The molecule has 0 radical (unpaired) electrons. The summed E-state index contributed by atoms with van der Waals surface area (Å²) in [5.41, 5.74) is 1.46. The number of benzene rings is 1. The maximum absolute atomic E-state index is 12.4. The highest BCUT2D eigenvalue weighted by Crippen LogP contribution is 2.41. The topological polar surface area (TPSA) is 32.8 Å². The number of likely N-dealkylation sites (tertiary alicyclic amines) is 2. The number of rotatable bonds is 6. The van der Waals surface area contributed by atoms with Gasteiger partial charge in [0.1, 0.15) is 0 Å². The van der Waals surface area contributed by atoms with Gasteiger partial charge in [-0.15, -0.1) is 0 Å². The molecule has 2 aliphatic heterocycles. The molecule has 0 bridgehead atoms. The molecule has 1 spiro atoms. The van der Waals surface area contributed by atoms with Crippen molar-refractivity contribution in [2.24, 2.45) is 5.41 Å². The van der Waals surface area contributed by atoms with Crippen molar-refractivity contribution in [3.63, 3.8) is 0 Å². The fourth-order valence-electron chi connectivity index (χ4n) is 3.95. The van der Waals surface area contributed by atoms with E-state index in [-0.39, 0.29) is 5.41 Å². The maximum Gasteiger partial charge on any atom is 0.223 e. The Morgan fingerprint density at radius 2 is 1.91 bits per heavy atom. The average Bonchev–Trinajstić information content (AvgIpc) is 2.86. The van der Waals surface area contributed by atoms with Crippen molar-refractivity contribution in [1.29, 1.82) is 0 Å². The molecule has 0 aromatic heterocycles. The minimum absolute atomic E-state index is 0.226. The molecule has 0 aliphatic carbocycles. The SMILES string of the molecule is COCCCN1CCC2(CC1)CC(=O)N(Cc1ccccc1)C2. The number of ether oxygens (including phenoxy) is 1. The third-order valence-corrected chi connectivity index (χ3v) is 5.36. The number of carbonyl (C=O) groups excluding carboxylic acids is 1. The summed E-state index contributed by atoms with van der Waals surface area (Å²) in [6, 6.07) is 10.3. The molecule has 1 aromatic rings. The van der Waals surface area contributed by atoms with Crippen LogP contribution < -0.4 is 0 Å². The molecule has 2 aliphatic rings. The van der Waals surface area contributed by atoms with Gasteiger partial charge in [0.25, 0.3) is 0 Å². The first-order valence-corrected chi connectivity index (χ1v) is 8.74. The van der Waals surface area contributed by atoms with Gasteiger partial charge in [-0.25, -0.2) is 0 Å². The van der Waals surface area contributed by atoms with E-state index in [0.717, 1.165) is 65.0 Å². The quantitative estimate of drug-likeness (QED) is 0.756. The van der Waals surface area contributed by atoms with Crippen molar-refractivity contribution < 1.29 is 9.53 Å². The van der Waals surface area contributed by atoms with E-state index >= 15 is 0 Å². The largest absolute Gasteiger partial charge is 0.385 e. The zero-order valence-corrected chi connectivity index (χ0v) is 14.2. The molecule has 0 N–H and O–H groups in total. The first-order chi connectivity index (χ1) is 11.2. The van der Waals surface area contributed by atoms with Crippen molar-refractivity contribution in [1.82, 2.24) is 9.80 Å². The molecule has 2 heterocycles. The first kappa shape index (κ1) is 16.5. The Balaban J connectivity index is 1.51. The van der Waals surface area contributed by atoms with Crippen LogP contribution in [0, 0.1) is 5.41 Å². The van der Waals surface area contributed by atoms with Crippen molar-refractivity contribution >= 4 is 5.91 Å². The predicted octanol–water partition coefficient (Wildman–Crippen LogP) is 2.54. The molecule has 4 nitrogen and oxygen atoms in total. The van der Waals surface area contributed by atoms with Crippen LogP contribution in [0.1, 0.15) is 31.2 Å². The molecule has 1 amide bonds. The second kappa shape index (κ2) is 7.45. The summed E-state index contributed by atoms with van der Waals surface area (Å²) < 4.78 is 5.13. The van der Waals surface area contributed by atoms with Crippen molar-refractivity contribution in [2.75, 3.05) is 39.9 Å². The molecule has 3 rings (SSSR count). The molecule has 2 fully saturated rings. The normalized spacial score (nSPS) is 21.3. The summed E-state index contributed by atoms with van der Waals surface area (Å²) in [7, 11) is 1.76. The lowest BCUT2D eigenvalue weighted by Gasteiger charge is -2.38. The summed E-state index contributed by atoms with van der Waals surface area (Å²) in [5.74, 6) is 0.335. The van der Waals surface area contributed by atoms with Crippen molar-refractivity contribution in [3.05, 3.63) is 35.9 Å². The lowest BCUT2D eigenvalue weighted by atomic mass is 9.77. The highest BCUT2D eigenvalue weighted by molar-refractivity contribution is 5.79. The zero-order chi connectivity index (χ0) is 16.1. The van der Waals surface area contributed by atoms with Crippen LogP contribution in [0.3, 0.4) is 0 Å². The molecule has 126 valence electrons.